The van der Waals surface area contributed by atoms with Crippen LogP contribution in [-0.2, 0) is 6.42 Å². The molecule has 0 aliphatic rings. The average Bonchev–Trinajstić information content (AvgIpc) is 2.86. The Balaban J connectivity index is 2.71. The molecule has 0 saturated heterocycles. The Labute approximate surface area is 128 Å². The second kappa shape index (κ2) is 8.80. The smallest absolute Gasteiger partial charge is 0.293 e. The molecule has 1 heterocycles. The minimum absolute atomic E-state index is 0.0464. The highest BCUT2D eigenvalue weighted by Crippen LogP contribution is 2.09. The van der Waals surface area contributed by atoms with Crippen LogP contribution < -0.4 is 0 Å². The van der Waals surface area contributed by atoms with Gasteiger partial charge in [-0.1, -0.05) is 34.6 Å². The molecule has 0 bridgehead atoms. The highest BCUT2D eigenvalue weighted by Gasteiger charge is 2.20. The molecule has 5 heteroatoms. The van der Waals surface area contributed by atoms with Crippen LogP contribution in [0.4, 0.5) is 0 Å². The number of carbonyl (C=O) groups excluding carboxylic acids is 1. The van der Waals surface area contributed by atoms with Gasteiger partial charge in [-0.15, -0.1) is 5.10 Å². The van der Waals surface area contributed by atoms with Gasteiger partial charge in [-0.3, -0.25) is 9.89 Å². The van der Waals surface area contributed by atoms with Crippen molar-refractivity contribution in [3.63, 3.8) is 0 Å². The second-order valence-electron chi connectivity index (χ2n) is 6.51. The van der Waals surface area contributed by atoms with Crippen molar-refractivity contribution in [2.75, 3.05) is 13.1 Å². The fourth-order valence-electron chi connectivity index (χ4n) is 2.02. The Morgan fingerprint density at radius 1 is 1.14 bits per heavy atom. The summed E-state index contributed by atoms with van der Waals surface area (Å²) < 4.78 is 0. The summed E-state index contributed by atoms with van der Waals surface area (Å²) in [7, 11) is 0. The molecular formula is C16H30N4O. The van der Waals surface area contributed by atoms with Crippen LogP contribution in [0.3, 0.4) is 0 Å². The fraction of sp³-hybridized carbons (Fsp3) is 0.812. The summed E-state index contributed by atoms with van der Waals surface area (Å²) in [6.07, 6.45) is 3.84. The summed E-state index contributed by atoms with van der Waals surface area (Å²) in [5.41, 5.74) is 0. The molecule has 1 rings (SSSR count). The number of hydrogen-bond acceptors (Lipinski definition) is 3. The van der Waals surface area contributed by atoms with Crippen LogP contribution >= 0.6 is 0 Å². The zero-order valence-corrected chi connectivity index (χ0v) is 14.1. The topological polar surface area (TPSA) is 61.9 Å². The first-order chi connectivity index (χ1) is 9.93. The van der Waals surface area contributed by atoms with E-state index in [9.17, 15) is 4.79 Å². The lowest BCUT2D eigenvalue weighted by atomic mass is 10.1. The van der Waals surface area contributed by atoms with E-state index in [1.165, 1.54) is 0 Å². The number of aryl methyl sites for hydroxylation is 1. The summed E-state index contributed by atoms with van der Waals surface area (Å²) >= 11 is 0. The van der Waals surface area contributed by atoms with Crippen molar-refractivity contribution < 1.29 is 4.79 Å². The molecule has 1 aromatic rings. The van der Waals surface area contributed by atoms with Crippen LogP contribution in [-0.4, -0.2) is 39.1 Å². The van der Waals surface area contributed by atoms with Gasteiger partial charge in [0.1, 0.15) is 5.82 Å². The zero-order valence-electron chi connectivity index (χ0n) is 14.1. The third-order valence-electron chi connectivity index (χ3n) is 3.45. The number of nitrogens with one attached hydrogen (secondary N) is 1. The van der Waals surface area contributed by atoms with Crippen LogP contribution in [0, 0.1) is 11.8 Å². The largest absolute Gasteiger partial charge is 0.336 e. The Bertz CT molecular complexity index is 414. The number of aromatic nitrogens is 3. The van der Waals surface area contributed by atoms with E-state index in [1.54, 1.807) is 0 Å². The SMILES string of the molecule is CCCc1nc(C(=O)N(CCC(C)C)CCC(C)C)n[nH]1. The summed E-state index contributed by atoms with van der Waals surface area (Å²) in [6, 6.07) is 0. The van der Waals surface area contributed by atoms with Gasteiger partial charge in [-0.2, -0.15) is 0 Å². The van der Waals surface area contributed by atoms with Crippen LogP contribution in [0.5, 0.6) is 0 Å². The molecule has 5 nitrogen and oxygen atoms in total. The number of aromatic amines is 1. The van der Waals surface area contributed by atoms with Gasteiger partial charge in [-0.05, 0) is 31.1 Å². The summed E-state index contributed by atoms with van der Waals surface area (Å²) in [5.74, 6) is 2.23. The van der Waals surface area contributed by atoms with E-state index in [0.717, 1.165) is 44.6 Å². The van der Waals surface area contributed by atoms with E-state index >= 15 is 0 Å². The number of rotatable bonds is 9. The molecule has 0 unspecified atom stereocenters. The summed E-state index contributed by atoms with van der Waals surface area (Å²) in [6.45, 7) is 12.4. The minimum atomic E-state index is -0.0464. The lowest BCUT2D eigenvalue weighted by molar-refractivity contribution is 0.0729. The maximum Gasteiger partial charge on any atom is 0.293 e. The fourth-order valence-corrected chi connectivity index (χ4v) is 2.02. The van der Waals surface area contributed by atoms with E-state index in [-0.39, 0.29) is 5.91 Å². The third kappa shape index (κ3) is 6.27. The van der Waals surface area contributed by atoms with Crippen LogP contribution in [0.1, 0.15) is 70.3 Å². The van der Waals surface area contributed by atoms with Gasteiger partial charge in [0.05, 0.1) is 0 Å². The molecule has 0 atom stereocenters. The quantitative estimate of drug-likeness (QED) is 0.760. The normalized spacial score (nSPS) is 11.4. The van der Waals surface area contributed by atoms with Crippen molar-refractivity contribution in [1.82, 2.24) is 20.1 Å². The Morgan fingerprint density at radius 2 is 1.71 bits per heavy atom. The molecule has 0 aliphatic heterocycles. The first kappa shape index (κ1) is 17.7. The monoisotopic (exact) mass is 294 g/mol. The van der Waals surface area contributed by atoms with Crippen molar-refractivity contribution >= 4 is 5.91 Å². The van der Waals surface area contributed by atoms with Gasteiger partial charge in [-0.25, -0.2) is 4.98 Å². The molecule has 120 valence electrons. The molecule has 0 spiro atoms. The van der Waals surface area contributed by atoms with Gasteiger partial charge in [0, 0.05) is 19.5 Å². The van der Waals surface area contributed by atoms with E-state index in [0.29, 0.717) is 17.7 Å². The Kier molecular flexibility index (Phi) is 7.40. The van der Waals surface area contributed by atoms with E-state index < -0.39 is 0 Å². The molecule has 0 radical (unpaired) electrons. The Hall–Kier alpha value is -1.39. The maximum atomic E-state index is 12.6. The standard InChI is InChI=1S/C16H30N4O/c1-6-7-14-17-15(19-18-14)16(21)20(10-8-12(2)3)11-9-13(4)5/h12-13H,6-11H2,1-5H3,(H,17,18,19). The number of hydrogen-bond donors (Lipinski definition) is 1. The average molecular weight is 294 g/mol. The Morgan fingerprint density at radius 3 is 2.19 bits per heavy atom. The molecule has 0 aliphatic carbocycles. The van der Waals surface area contributed by atoms with Crippen molar-refractivity contribution in [2.24, 2.45) is 11.8 Å². The van der Waals surface area contributed by atoms with Crippen molar-refractivity contribution in [1.29, 1.82) is 0 Å². The molecule has 21 heavy (non-hydrogen) atoms. The van der Waals surface area contributed by atoms with Gasteiger partial charge in [0.2, 0.25) is 5.82 Å². The maximum absolute atomic E-state index is 12.6. The first-order valence-electron chi connectivity index (χ1n) is 8.14. The lowest BCUT2D eigenvalue weighted by Crippen LogP contribution is -2.34. The van der Waals surface area contributed by atoms with Crippen molar-refractivity contribution in [3.05, 3.63) is 11.6 Å². The number of H-pyrrole nitrogens is 1. The van der Waals surface area contributed by atoms with Gasteiger partial charge >= 0.3 is 0 Å². The number of nitrogens with zero attached hydrogens (tertiary/aromatic N) is 3. The molecule has 0 aromatic carbocycles. The number of carbonyl (C=O) groups is 1. The molecular weight excluding hydrogens is 264 g/mol. The first-order valence-corrected chi connectivity index (χ1v) is 8.14. The molecule has 1 N–H and O–H groups in total. The minimum Gasteiger partial charge on any atom is -0.336 e. The van der Waals surface area contributed by atoms with Crippen molar-refractivity contribution in [3.8, 4) is 0 Å². The van der Waals surface area contributed by atoms with Crippen LogP contribution in [0.15, 0.2) is 0 Å². The molecule has 0 saturated carbocycles. The molecule has 0 fully saturated rings. The predicted molar refractivity (Wildman–Crippen MR) is 85.2 cm³/mol. The van der Waals surface area contributed by atoms with Gasteiger partial charge in [0.25, 0.3) is 5.91 Å². The van der Waals surface area contributed by atoms with Gasteiger partial charge < -0.3 is 4.90 Å². The van der Waals surface area contributed by atoms with E-state index in [1.807, 2.05) is 4.90 Å². The summed E-state index contributed by atoms with van der Waals surface area (Å²) in [5, 5.41) is 6.95. The zero-order chi connectivity index (χ0) is 15.8. The molecule has 1 amide bonds. The molecule has 1 aromatic heterocycles. The van der Waals surface area contributed by atoms with Crippen LogP contribution in [0.2, 0.25) is 0 Å². The predicted octanol–water partition coefficient (Wildman–Crippen LogP) is 3.29. The van der Waals surface area contributed by atoms with Crippen molar-refractivity contribution in [2.45, 2.75) is 60.3 Å². The lowest BCUT2D eigenvalue weighted by Gasteiger charge is -2.23. The summed E-state index contributed by atoms with van der Waals surface area (Å²) in [4.78, 5) is 18.8. The van der Waals surface area contributed by atoms with Crippen LogP contribution in [0.25, 0.3) is 0 Å². The van der Waals surface area contributed by atoms with E-state index in [2.05, 4.69) is 49.8 Å². The van der Waals surface area contributed by atoms with Gasteiger partial charge in [0.15, 0.2) is 0 Å². The highest BCUT2D eigenvalue weighted by atomic mass is 16.2. The third-order valence-corrected chi connectivity index (χ3v) is 3.45. The second-order valence-corrected chi connectivity index (χ2v) is 6.51. The number of amides is 1. The highest BCUT2D eigenvalue weighted by molar-refractivity contribution is 5.90. The van der Waals surface area contributed by atoms with E-state index in [4.69, 9.17) is 0 Å².